The quantitative estimate of drug-likeness (QED) is 0.595. The van der Waals surface area contributed by atoms with E-state index in [2.05, 4.69) is 12.2 Å². The number of aromatic carboxylic acids is 1. The minimum absolute atomic E-state index is 0.0177. The molecule has 0 aromatic heterocycles. The van der Waals surface area contributed by atoms with Crippen LogP contribution in [0.5, 0.6) is 0 Å². The molecule has 0 radical (unpaired) electrons. The highest BCUT2D eigenvalue weighted by molar-refractivity contribution is 8.00. The molecular formula is C14H19NO3S. The van der Waals surface area contributed by atoms with Crippen molar-refractivity contribution in [1.82, 2.24) is 5.32 Å². The van der Waals surface area contributed by atoms with E-state index < -0.39 is 5.97 Å². The molecule has 0 unspecified atom stereocenters. The second-order valence-electron chi connectivity index (χ2n) is 4.27. The zero-order valence-corrected chi connectivity index (χ0v) is 12.0. The molecule has 0 aliphatic heterocycles. The van der Waals surface area contributed by atoms with Crippen molar-refractivity contribution in [3.05, 3.63) is 29.3 Å². The maximum atomic E-state index is 11.5. The summed E-state index contributed by atoms with van der Waals surface area (Å²) >= 11 is 1.35. The number of carboxylic acids is 1. The van der Waals surface area contributed by atoms with Crippen LogP contribution in [0, 0.1) is 6.92 Å². The van der Waals surface area contributed by atoms with Gasteiger partial charge in [-0.2, -0.15) is 0 Å². The molecule has 0 saturated carbocycles. The molecule has 1 rings (SSSR count). The van der Waals surface area contributed by atoms with Gasteiger partial charge in [-0.05, 0) is 31.0 Å². The Kier molecular flexibility index (Phi) is 6.42. The molecular weight excluding hydrogens is 262 g/mol. The molecule has 1 aromatic carbocycles. The maximum Gasteiger partial charge on any atom is 0.335 e. The van der Waals surface area contributed by atoms with E-state index in [0.717, 1.165) is 23.3 Å². The molecule has 1 aromatic rings. The van der Waals surface area contributed by atoms with Crippen LogP contribution in [0.4, 0.5) is 0 Å². The van der Waals surface area contributed by atoms with E-state index in [1.807, 2.05) is 6.07 Å². The van der Waals surface area contributed by atoms with E-state index in [1.165, 1.54) is 11.8 Å². The normalized spacial score (nSPS) is 10.2. The Morgan fingerprint density at radius 1 is 1.37 bits per heavy atom. The molecule has 1 amide bonds. The number of thioether (sulfide) groups is 1. The fraction of sp³-hybridized carbons (Fsp3) is 0.429. The number of aryl methyl sites for hydroxylation is 1. The molecule has 104 valence electrons. The summed E-state index contributed by atoms with van der Waals surface area (Å²) in [6.07, 6.45) is 2.03. The third-order valence-electron chi connectivity index (χ3n) is 2.66. The lowest BCUT2D eigenvalue weighted by molar-refractivity contribution is -0.118. The Morgan fingerprint density at radius 2 is 2.11 bits per heavy atom. The topological polar surface area (TPSA) is 66.4 Å². The van der Waals surface area contributed by atoms with E-state index >= 15 is 0 Å². The molecule has 0 aliphatic carbocycles. The number of benzene rings is 1. The van der Waals surface area contributed by atoms with Crippen LogP contribution >= 0.6 is 11.8 Å². The minimum atomic E-state index is -0.938. The van der Waals surface area contributed by atoms with Gasteiger partial charge in [0.05, 0.1) is 11.3 Å². The fourth-order valence-corrected chi connectivity index (χ4v) is 2.29. The number of carbonyl (C=O) groups is 2. The van der Waals surface area contributed by atoms with Gasteiger partial charge >= 0.3 is 5.97 Å². The van der Waals surface area contributed by atoms with E-state index in [-0.39, 0.29) is 11.5 Å². The van der Waals surface area contributed by atoms with Crippen molar-refractivity contribution in [3.63, 3.8) is 0 Å². The van der Waals surface area contributed by atoms with Crippen LogP contribution < -0.4 is 5.32 Å². The standard InChI is InChI=1S/C14H19NO3S/c1-3-4-7-15-13(16)9-19-11-6-5-10(2)12(8-11)14(17)18/h5-6,8H,3-4,7,9H2,1-2H3,(H,15,16)(H,17,18). The lowest BCUT2D eigenvalue weighted by Gasteiger charge is -2.06. The molecule has 0 bridgehead atoms. The average Bonchev–Trinajstić information content (AvgIpc) is 2.37. The molecule has 4 nitrogen and oxygen atoms in total. The van der Waals surface area contributed by atoms with Crippen molar-refractivity contribution in [3.8, 4) is 0 Å². The Morgan fingerprint density at radius 3 is 2.74 bits per heavy atom. The summed E-state index contributed by atoms with van der Waals surface area (Å²) in [4.78, 5) is 23.3. The van der Waals surface area contributed by atoms with Gasteiger partial charge < -0.3 is 10.4 Å². The molecule has 0 aliphatic rings. The van der Waals surface area contributed by atoms with E-state index in [1.54, 1.807) is 19.1 Å². The summed E-state index contributed by atoms with van der Waals surface area (Å²) < 4.78 is 0. The zero-order valence-electron chi connectivity index (χ0n) is 11.2. The van der Waals surface area contributed by atoms with E-state index in [4.69, 9.17) is 5.11 Å². The van der Waals surface area contributed by atoms with Gasteiger partial charge in [-0.15, -0.1) is 11.8 Å². The van der Waals surface area contributed by atoms with Gasteiger partial charge in [-0.3, -0.25) is 4.79 Å². The maximum absolute atomic E-state index is 11.5. The first kappa shape index (κ1) is 15.6. The van der Waals surface area contributed by atoms with Gasteiger partial charge in [0, 0.05) is 11.4 Å². The summed E-state index contributed by atoms with van der Waals surface area (Å²) in [7, 11) is 0. The van der Waals surface area contributed by atoms with Crippen molar-refractivity contribution in [2.24, 2.45) is 0 Å². The predicted octanol–water partition coefficient (Wildman–Crippen LogP) is 2.70. The first-order valence-electron chi connectivity index (χ1n) is 6.28. The Labute approximate surface area is 117 Å². The fourth-order valence-electron chi connectivity index (χ4n) is 1.53. The third-order valence-corrected chi connectivity index (χ3v) is 3.66. The smallest absolute Gasteiger partial charge is 0.335 e. The van der Waals surface area contributed by atoms with Crippen LogP contribution in [-0.4, -0.2) is 29.3 Å². The molecule has 0 heterocycles. The highest BCUT2D eigenvalue weighted by Gasteiger charge is 2.09. The number of unbranched alkanes of at least 4 members (excludes halogenated alkanes) is 1. The number of hydrogen-bond acceptors (Lipinski definition) is 3. The summed E-state index contributed by atoms with van der Waals surface area (Å²) in [5.74, 6) is -0.644. The summed E-state index contributed by atoms with van der Waals surface area (Å²) in [5.41, 5.74) is 1.01. The van der Waals surface area contributed by atoms with Crippen LogP contribution in [-0.2, 0) is 4.79 Å². The predicted molar refractivity (Wildman–Crippen MR) is 76.8 cm³/mol. The number of carboxylic acid groups (broad SMARTS) is 1. The van der Waals surface area contributed by atoms with E-state index in [9.17, 15) is 9.59 Å². The van der Waals surface area contributed by atoms with Gasteiger partial charge in [0.2, 0.25) is 5.91 Å². The number of amides is 1. The minimum Gasteiger partial charge on any atom is -0.478 e. The lowest BCUT2D eigenvalue weighted by Crippen LogP contribution is -2.25. The summed E-state index contributed by atoms with van der Waals surface area (Å²) in [6, 6.07) is 5.22. The summed E-state index contributed by atoms with van der Waals surface area (Å²) in [5, 5.41) is 11.8. The largest absolute Gasteiger partial charge is 0.478 e. The Hall–Kier alpha value is -1.49. The highest BCUT2D eigenvalue weighted by atomic mass is 32.2. The number of carbonyl (C=O) groups excluding carboxylic acids is 1. The van der Waals surface area contributed by atoms with E-state index in [0.29, 0.717) is 12.3 Å². The highest BCUT2D eigenvalue weighted by Crippen LogP contribution is 2.21. The first-order chi connectivity index (χ1) is 9.04. The van der Waals surface area contributed by atoms with Crippen molar-refractivity contribution < 1.29 is 14.7 Å². The van der Waals surface area contributed by atoms with Gasteiger partial charge in [-0.1, -0.05) is 19.4 Å². The van der Waals surface area contributed by atoms with Crippen LogP contribution in [0.3, 0.4) is 0 Å². The van der Waals surface area contributed by atoms with Crippen LogP contribution in [0.2, 0.25) is 0 Å². The average molecular weight is 281 g/mol. The molecule has 5 heteroatoms. The molecule has 0 spiro atoms. The summed E-state index contributed by atoms with van der Waals surface area (Å²) in [6.45, 7) is 4.53. The zero-order chi connectivity index (χ0) is 14.3. The Balaban J connectivity index is 2.51. The van der Waals surface area contributed by atoms with Crippen LogP contribution in [0.15, 0.2) is 23.1 Å². The number of hydrogen-bond donors (Lipinski definition) is 2. The molecule has 0 fully saturated rings. The molecule has 19 heavy (non-hydrogen) atoms. The van der Waals surface area contributed by atoms with Crippen LogP contribution in [0.25, 0.3) is 0 Å². The first-order valence-corrected chi connectivity index (χ1v) is 7.26. The monoisotopic (exact) mass is 281 g/mol. The van der Waals surface area contributed by atoms with Gasteiger partial charge in [-0.25, -0.2) is 4.79 Å². The van der Waals surface area contributed by atoms with Gasteiger partial charge in [0.1, 0.15) is 0 Å². The third kappa shape index (κ3) is 5.34. The van der Waals surface area contributed by atoms with Crippen LogP contribution in [0.1, 0.15) is 35.7 Å². The second-order valence-corrected chi connectivity index (χ2v) is 5.32. The van der Waals surface area contributed by atoms with Crippen molar-refractivity contribution in [2.45, 2.75) is 31.6 Å². The Bertz CT molecular complexity index is 460. The van der Waals surface area contributed by atoms with Crippen molar-refractivity contribution in [2.75, 3.05) is 12.3 Å². The van der Waals surface area contributed by atoms with Gasteiger partial charge in [0.25, 0.3) is 0 Å². The van der Waals surface area contributed by atoms with Crippen molar-refractivity contribution in [1.29, 1.82) is 0 Å². The lowest BCUT2D eigenvalue weighted by atomic mass is 10.1. The number of nitrogens with one attached hydrogen (secondary N) is 1. The van der Waals surface area contributed by atoms with Gasteiger partial charge in [0.15, 0.2) is 0 Å². The molecule has 0 saturated heterocycles. The molecule has 0 atom stereocenters. The number of rotatable bonds is 7. The molecule has 2 N–H and O–H groups in total. The second kappa shape index (κ2) is 7.84. The van der Waals surface area contributed by atoms with Crippen molar-refractivity contribution >= 4 is 23.6 Å². The SMILES string of the molecule is CCCCNC(=O)CSc1ccc(C)c(C(=O)O)c1.